The minimum Gasteiger partial charge on any atom is -0.497 e. The van der Waals surface area contributed by atoms with E-state index in [0.29, 0.717) is 17.9 Å². The molecule has 0 N–H and O–H groups in total. The van der Waals surface area contributed by atoms with Crippen LogP contribution in [0.4, 0.5) is 4.39 Å². The monoisotopic (exact) mass is 396 g/mol. The van der Waals surface area contributed by atoms with E-state index in [4.69, 9.17) is 9.47 Å². The zero-order chi connectivity index (χ0) is 20.0. The highest BCUT2D eigenvalue weighted by molar-refractivity contribution is 7.89. The molecule has 2 aromatic rings. The third-order valence-corrected chi connectivity index (χ3v) is 5.90. The molecule has 0 aliphatic carbocycles. The second kappa shape index (κ2) is 9.16. The molecule has 2 aromatic carbocycles. The molecule has 8 heteroatoms. The Morgan fingerprint density at radius 3 is 2.33 bits per heavy atom. The molecular weight excluding hydrogens is 371 g/mol. The van der Waals surface area contributed by atoms with Crippen molar-refractivity contribution in [2.45, 2.75) is 11.4 Å². The van der Waals surface area contributed by atoms with Gasteiger partial charge in [0.25, 0.3) is 0 Å². The van der Waals surface area contributed by atoms with E-state index in [1.165, 1.54) is 36.7 Å². The summed E-state index contributed by atoms with van der Waals surface area (Å²) in [7, 11) is 2.70. The van der Waals surface area contributed by atoms with Crippen molar-refractivity contribution in [3.63, 3.8) is 0 Å². The zero-order valence-electron chi connectivity index (χ0n) is 16.0. The molecule has 0 aliphatic heterocycles. The van der Waals surface area contributed by atoms with Gasteiger partial charge in [-0.2, -0.15) is 4.31 Å². The predicted molar refractivity (Wildman–Crippen MR) is 102 cm³/mol. The van der Waals surface area contributed by atoms with Crippen molar-refractivity contribution >= 4 is 10.0 Å². The maximum absolute atomic E-state index is 13.6. The minimum absolute atomic E-state index is 0.0134. The lowest BCUT2D eigenvalue weighted by atomic mass is 10.2. The lowest BCUT2D eigenvalue weighted by molar-refractivity contribution is 0.326. The van der Waals surface area contributed by atoms with Crippen LogP contribution in [-0.4, -0.2) is 59.0 Å². The highest BCUT2D eigenvalue weighted by atomic mass is 32.2. The van der Waals surface area contributed by atoms with Crippen molar-refractivity contribution in [2.24, 2.45) is 0 Å². The number of ether oxygens (including phenoxy) is 2. The molecule has 27 heavy (non-hydrogen) atoms. The molecule has 0 saturated heterocycles. The first-order valence-corrected chi connectivity index (χ1v) is 9.83. The van der Waals surface area contributed by atoms with Crippen LogP contribution in [0.25, 0.3) is 0 Å². The lowest BCUT2D eigenvalue weighted by Gasteiger charge is -2.25. The van der Waals surface area contributed by atoms with Gasteiger partial charge < -0.3 is 14.4 Å². The van der Waals surface area contributed by atoms with Gasteiger partial charge in [-0.25, -0.2) is 12.8 Å². The van der Waals surface area contributed by atoms with Gasteiger partial charge in [0.1, 0.15) is 22.2 Å². The van der Waals surface area contributed by atoms with Gasteiger partial charge in [0.2, 0.25) is 10.0 Å². The van der Waals surface area contributed by atoms with E-state index in [1.54, 1.807) is 24.3 Å². The number of halogens is 1. The van der Waals surface area contributed by atoms with Gasteiger partial charge >= 0.3 is 0 Å². The van der Waals surface area contributed by atoms with Gasteiger partial charge in [0, 0.05) is 25.7 Å². The number of benzene rings is 2. The van der Waals surface area contributed by atoms with Crippen LogP contribution in [0.3, 0.4) is 0 Å². The highest BCUT2D eigenvalue weighted by Gasteiger charge is 2.28. The molecule has 0 bridgehead atoms. The standard InChI is InChI=1S/C19H25FN2O4S/c1-21(2)10-11-22(14-15-6-5-7-16(20)12-15)27(23,24)19-13-17(25-3)8-9-18(19)26-4/h5-9,12-13H,10-11,14H2,1-4H3. The molecule has 0 saturated carbocycles. The van der Waals surface area contributed by atoms with Gasteiger partial charge in [0.15, 0.2) is 0 Å². The smallest absolute Gasteiger partial charge is 0.247 e. The first-order chi connectivity index (χ1) is 12.8. The molecule has 6 nitrogen and oxygen atoms in total. The van der Waals surface area contributed by atoms with Crippen LogP contribution in [0.15, 0.2) is 47.4 Å². The largest absolute Gasteiger partial charge is 0.497 e. The highest BCUT2D eigenvalue weighted by Crippen LogP contribution is 2.31. The molecule has 0 unspecified atom stereocenters. The Labute approximate surface area is 160 Å². The quantitative estimate of drug-likeness (QED) is 0.652. The molecule has 0 aliphatic rings. The van der Waals surface area contributed by atoms with Crippen LogP contribution in [0.5, 0.6) is 11.5 Å². The fourth-order valence-corrected chi connectivity index (χ4v) is 4.15. The van der Waals surface area contributed by atoms with Crippen LogP contribution in [0.1, 0.15) is 5.56 Å². The molecule has 148 valence electrons. The summed E-state index contributed by atoms with van der Waals surface area (Å²) in [5, 5.41) is 0. The number of likely N-dealkylation sites (N-methyl/N-ethyl adjacent to an activating group) is 1. The minimum atomic E-state index is -3.90. The Morgan fingerprint density at radius 1 is 1.00 bits per heavy atom. The topological polar surface area (TPSA) is 59.1 Å². The summed E-state index contributed by atoms with van der Waals surface area (Å²) in [5.41, 5.74) is 0.569. The van der Waals surface area contributed by atoms with E-state index >= 15 is 0 Å². The summed E-state index contributed by atoms with van der Waals surface area (Å²) >= 11 is 0. The van der Waals surface area contributed by atoms with Crippen LogP contribution in [-0.2, 0) is 16.6 Å². The van der Waals surface area contributed by atoms with Crippen LogP contribution >= 0.6 is 0 Å². The van der Waals surface area contributed by atoms with Gasteiger partial charge in [-0.15, -0.1) is 0 Å². The number of rotatable bonds is 9. The second-order valence-electron chi connectivity index (χ2n) is 6.29. The van der Waals surface area contributed by atoms with Crippen LogP contribution in [0, 0.1) is 5.82 Å². The van der Waals surface area contributed by atoms with Crippen molar-refractivity contribution < 1.29 is 22.3 Å². The van der Waals surface area contributed by atoms with Crippen LogP contribution < -0.4 is 9.47 Å². The first kappa shape index (κ1) is 21.1. The average molecular weight is 396 g/mol. The van der Waals surface area contributed by atoms with Crippen molar-refractivity contribution in [1.82, 2.24) is 9.21 Å². The van der Waals surface area contributed by atoms with Gasteiger partial charge in [-0.3, -0.25) is 0 Å². The van der Waals surface area contributed by atoms with Crippen molar-refractivity contribution in [3.05, 3.63) is 53.8 Å². The van der Waals surface area contributed by atoms with Gasteiger partial charge in [0.05, 0.1) is 14.2 Å². The molecule has 0 amide bonds. The number of sulfonamides is 1. The van der Waals surface area contributed by atoms with E-state index in [-0.39, 0.29) is 23.7 Å². The van der Waals surface area contributed by atoms with Gasteiger partial charge in [-0.05, 0) is 43.9 Å². The molecule has 0 spiro atoms. The Balaban J connectivity index is 2.46. The normalized spacial score (nSPS) is 11.8. The predicted octanol–water partition coefficient (Wildman–Crippen LogP) is 2.60. The maximum Gasteiger partial charge on any atom is 0.247 e. The van der Waals surface area contributed by atoms with E-state index in [2.05, 4.69) is 0 Å². The Hall–Kier alpha value is -2.16. The van der Waals surface area contributed by atoms with E-state index in [0.717, 1.165) is 0 Å². The summed E-state index contributed by atoms with van der Waals surface area (Å²) in [6, 6.07) is 10.5. The Morgan fingerprint density at radius 2 is 1.74 bits per heavy atom. The molecule has 2 rings (SSSR count). The SMILES string of the molecule is COc1ccc(OC)c(S(=O)(=O)N(CCN(C)C)Cc2cccc(F)c2)c1. The summed E-state index contributed by atoms with van der Waals surface area (Å²) in [5.74, 6) is 0.231. The van der Waals surface area contributed by atoms with E-state index in [9.17, 15) is 12.8 Å². The van der Waals surface area contributed by atoms with Crippen molar-refractivity contribution in [2.75, 3.05) is 41.4 Å². The molecule has 0 fully saturated rings. The Bertz CT molecular complexity index is 872. The molecule has 0 heterocycles. The maximum atomic E-state index is 13.6. The average Bonchev–Trinajstić information content (AvgIpc) is 2.64. The van der Waals surface area contributed by atoms with E-state index in [1.807, 2.05) is 19.0 Å². The summed E-state index contributed by atoms with van der Waals surface area (Å²) in [6.45, 7) is 0.807. The van der Waals surface area contributed by atoms with Gasteiger partial charge in [-0.1, -0.05) is 12.1 Å². The summed E-state index contributed by atoms with van der Waals surface area (Å²) in [4.78, 5) is 1.90. The summed E-state index contributed by atoms with van der Waals surface area (Å²) in [6.07, 6.45) is 0. The first-order valence-electron chi connectivity index (χ1n) is 8.39. The number of nitrogens with zero attached hydrogens (tertiary/aromatic N) is 2. The fourth-order valence-electron chi connectivity index (χ4n) is 2.56. The fraction of sp³-hybridized carbons (Fsp3) is 0.368. The Kier molecular flexibility index (Phi) is 7.18. The molecule has 0 aromatic heterocycles. The lowest BCUT2D eigenvalue weighted by Crippen LogP contribution is -2.36. The molecular formula is C19H25FN2O4S. The molecule has 0 radical (unpaired) electrons. The zero-order valence-corrected chi connectivity index (χ0v) is 16.8. The number of hydrogen-bond donors (Lipinski definition) is 0. The van der Waals surface area contributed by atoms with Crippen molar-refractivity contribution in [3.8, 4) is 11.5 Å². The van der Waals surface area contributed by atoms with E-state index < -0.39 is 15.8 Å². The third kappa shape index (κ3) is 5.41. The van der Waals surface area contributed by atoms with Crippen molar-refractivity contribution in [1.29, 1.82) is 0 Å². The summed E-state index contributed by atoms with van der Waals surface area (Å²) < 4.78 is 52.0. The third-order valence-electron chi connectivity index (χ3n) is 4.03. The second-order valence-corrected chi connectivity index (χ2v) is 8.19. The van der Waals surface area contributed by atoms with Crippen LogP contribution in [0.2, 0.25) is 0 Å². The number of methoxy groups -OCH3 is 2. The molecule has 0 atom stereocenters. The number of hydrogen-bond acceptors (Lipinski definition) is 5.